The van der Waals surface area contributed by atoms with Gasteiger partial charge in [-0.05, 0) is 29.7 Å². The lowest BCUT2D eigenvalue weighted by molar-refractivity contribution is -0.122. The zero-order chi connectivity index (χ0) is 18.1. The molecule has 2 aliphatic rings. The first kappa shape index (κ1) is 16.5. The fraction of sp³-hybridized carbons (Fsp3) is 0.238. The van der Waals surface area contributed by atoms with Crippen molar-refractivity contribution in [1.29, 1.82) is 0 Å². The maximum absolute atomic E-state index is 13.1. The SMILES string of the molecule is C=CCOC1CCN2C(=O)c3cc(-c4ccccc4)ccc3NC(=O)C12. The molecule has 0 spiro atoms. The van der Waals surface area contributed by atoms with Crippen LogP contribution in [-0.4, -0.2) is 42.0 Å². The zero-order valence-electron chi connectivity index (χ0n) is 14.4. The van der Waals surface area contributed by atoms with Crippen molar-refractivity contribution < 1.29 is 14.3 Å². The Morgan fingerprint density at radius 2 is 1.96 bits per heavy atom. The molecule has 2 heterocycles. The molecule has 0 aromatic heterocycles. The van der Waals surface area contributed by atoms with E-state index in [1.807, 2.05) is 42.5 Å². The van der Waals surface area contributed by atoms with E-state index in [-0.39, 0.29) is 17.9 Å². The summed E-state index contributed by atoms with van der Waals surface area (Å²) >= 11 is 0. The van der Waals surface area contributed by atoms with Gasteiger partial charge in [0.1, 0.15) is 6.04 Å². The molecular formula is C21H20N2O3. The molecule has 1 saturated heterocycles. The molecule has 26 heavy (non-hydrogen) atoms. The Balaban J connectivity index is 1.70. The van der Waals surface area contributed by atoms with Gasteiger partial charge in [0.15, 0.2) is 0 Å². The highest BCUT2D eigenvalue weighted by Gasteiger charge is 2.45. The molecule has 5 nitrogen and oxygen atoms in total. The molecule has 2 aliphatic heterocycles. The number of nitrogens with one attached hydrogen (secondary N) is 1. The third kappa shape index (κ3) is 2.80. The normalized spacial score (nSPS) is 21.6. The summed E-state index contributed by atoms with van der Waals surface area (Å²) in [5, 5.41) is 2.90. The molecule has 5 heteroatoms. The van der Waals surface area contributed by atoms with Crippen LogP contribution in [0.1, 0.15) is 16.8 Å². The number of amides is 2. The van der Waals surface area contributed by atoms with Crippen molar-refractivity contribution in [3.8, 4) is 11.1 Å². The van der Waals surface area contributed by atoms with Crippen molar-refractivity contribution in [2.45, 2.75) is 18.6 Å². The standard InChI is InChI=1S/C21H20N2O3/c1-2-12-26-18-10-11-23-19(18)20(24)22-17-9-8-15(13-16(17)21(23)25)14-6-4-3-5-7-14/h2-9,13,18-19H,1,10-12H2,(H,22,24). The van der Waals surface area contributed by atoms with Gasteiger partial charge in [-0.15, -0.1) is 6.58 Å². The van der Waals surface area contributed by atoms with Crippen molar-refractivity contribution in [3.63, 3.8) is 0 Å². The molecule has 2 atom stereocenters. The molecule has 2 aromatic carbocycles. The Labute approximate surface area is 152 Å². The van der Waals surface area contributed by atoms with Crippen LogP contribution in [0, 0.1) is 0 Å². The van der Waals surface area contributed by atoms with Gasteiger partial charge in [-0.3, -0.25) is 9.59 Å². The summed E-state index contributed by atoms with van der Waals surface area (Å²) in [4.78, 5) is 27.5. The van der Waals surface area contributed by atoms with Gasteiger partial charge in [-0.2, -0.15) is 0 Å². The van der Waals surface area contributed by atoms with E-state index in [0.29, 0.717) is 30.8 Å². The number of carbonyl (C=O) groups excluding carboxylic acids is 2. The van der Waals surface area contributed by atoms with Crippen molar-refractivity contribution in [1.82, 2.24) is 4.90 Å². The lowest BCUT2D eigenvalue weighted by Crippen LogP contribution is -2.46. The van der Waals surface area contributed by atoms with E-state index in [0.717, 1.165) is 11.1 Å². The average molecular weight is 348 g/mol. The summed E-state index contributed by atoms with van der Waals surface area (Å²) in [5.41, 5.74) is 3.05. The van der Waals surface area contributed by atoms with Gasteiger partial charge in [0.25, 0.3) is 5.91 Å². The van der Waals surface area contributed by atoms with Crippen molar-refractivity contribution in [2.24, 2.45) is 0 Å². The summed E-state index contributed by atoms with van der Waals surface area (Å²) in [6.45, 7) is 4.51. The quantitative estimate of drug-likeness (QED) is 0.864. The predicted molar refractivity (Wildman–Crippen MR) is 99.9 cm³/mol. The van der Waals surface area contributed by atoms with E-state index in [2.05, 4.69) is 11.9 Å². The highest BCUT2D eigenvalue weighted by Crippen LogP contribution is 2.33. The highest BCUT2D eigenvalue weighted by atomic mass is 16.5. The Bertz CT molecular complexity index is 863. The summed E-state index contributed by atoms with van der Waals surface area (Å²) in [6, 6.07) is 14.8. The van der Waals surface area contributed by atoms with E-state index < -0.39 is 6.04 Å². The number of benzene rings is 2. The molecule has 2 amide bonds. The van der Waals surface area contributed by atoms with Crippen molar-refractivity contribution in [2.75, 3.05) is 18.5 Å². The first-order chi connectivity index (χ1) is 12.7. The smallest absolute Gasteiger partial charge is 0.256 e. The molecule has 0 aliphatic carbocycles. The fourth-order valence-electron chi connectivity index (χ4n) is 3.67. The van der Waals surface area contributed by atoms with Gasteiger partial charge in [-0.1, -0.05) is 42.5 Å². The Kier molecular flexibility index (Phi) is 4.31. The first-order valence-corrected chi connectivity index (χ1v) is 8.73. The van der Waals surface area contributed by atoms with Crippen LogP contribution < -0.4 is 5.32 Å². The van der Waals surface area contributed by atoms with Gasteiger partial charge in [0.05, 0.1) is 24.0 Å². The largest absolute Gasteiger partial charge is 0.371 e. The number of hydrogen-bond donors (Lipinski definition) is 1. The molecule has 0 saturated carbocycles. The van der Waals surface area contributed by atoms with Gasteiger partial charge < -0.3 is 15.0 Å². The molecule has 2 aromatic rings. The highest BCUT2D eigenvalue weighted by molar-refractivity contribution is 6.11. The zero-order valence-corrected chi connectivity index (χ0v) is 14.4. The average Bonchev–Trinajstić information content (AvgIpc) is 3.06. The lowest BCUT2D eigenvalue weighted by atomic mass is 10.0. The van der Waals surface area contributed by atoms with Crippen LogP contribution in [-0.2, 0) is 9.53 Å². The number of anilines is 1. The maximum atomic E-state index is 13.1. The summed E-state index contributed by atoms with van der Waals surface area (Å²) in [7, 11) is 0. The van der Waals surface area contributed by atoms with Gasteiger partial charge in [0.2, 0.25) is 5.91 Å². The summed E-state index contributed by atoms with van der Waals surface area (Å²) < 4.78 is 5.71. The van der Waals surface area contributed by atoms with Crippen LogP contribution in [0.15, 0.2) is 61.2 Å². The van der Waals surface area contributed by atoms with Crippen molar-refractivity contribution in [3.05, 3.63) is 66.7 Å². The van der Waals surface area contributed by atoms with Crippen LogP contribution in [0.3, 0.4) is 0 Å². The molecular weight excluding hydrogens is 328 g/mol. The van der Waals surface area contributed by atoms with Crippen LogP contribution in [0.4, 0.5) is 5.69 Å². The van der Waals surface area contributed by atoms with E-state index in [4.69, 9.17) is 4.74 Å². The predicted octanol–water partition coefficient (Wildman–Crippen LogP) is 3.09. The lowest BCUT2D eigenvalue weighted by Gasteiger charge is -2.24. The second-order valence-electron chi connectivity index (χ2n) is 6.51. The minimum atomic E-state index is -0.602. The Morgan fingerprint density at radius 3 is 2.73 bits per heavy atom. The second kappa shape index (κ2) is 6.77. The monoisotopic (exact) mass is 348 g/mol. The number of ether oxygens (including phenoxy) is 1. The Hall–Kier alpha value is -2.92. The molecule has 2 unspecified atom stereocenters. The topological polar surface area (TPSA) is 58.6 Å². The van der Waals surface area contributed by atoms with Crippen LogP contribution in [0.2, 0.25) is 0 Å². The minimum Gasteiger partial charge on any atom is -0.371 e. The van der Waals surface area contributed by atoms with Gasteiger partial charge in [-0.25, -0.2) is 0 Å². The maximum Gasteiger partial charge on any atom is 0.256 e. The number of rotatable bonds is 4. The Morgan fingerprint density at radius 1 is 1.15 bits per heavy atom. The number of nitrogens with zero attached hydrogens (tertiary/aromatic N) is 1. The molecule has 1 fully saturated rings. The summed E-state index contributed by atoms with van der Waals surface area (Å²) in [5.74, 6) is -0.332. The van der Waals surface area contributed by atoms with E-state index in [1.54, 1.807) is 17.0 Å². The van der Waals surface area contributed by atoms with Crippen LogP contribution in [0.25, 0.3) is 11.1 Å². The van der Waals surface area contributed by atoms with Gasteiger partial charge in [0, 0.05) is 6.54 Å². The van der Waals surface area contributed by atoms with E-state index in [1.165, 1.54) is 0 Å². The van der Waals surface area contributed by atoms with Crippen LogP contribution in [0.5, 0.6) is 0 Å². The molecule has 1 N–H and O–H groups in total. The second-order valence-corrected chi connectivity index (χ2v) is 6.51. The number of carbonyl (C=O) groups is 2. The third-order valence-corrected chi connectivity index (χ3v) is 4.92. The van der Waals surface area contributed by atoms with Crippen molar-refractivity contribution >= 4 is 17.5 Å². The summed E-state index contributed by atoms with van der Waals surface area (Å²) in [6.07, 6.45) is 1.99. The first-order valence-electron chi connectivity index (χ1n) is 8.73. The van der Waals surface area contributed by atoms with Crippen LogP contribution >= 0.6 is 0 Å². The number of hydrogen-bond acceptors (Lipinski definition) is 3. The fourth-order valence-corrected chi connectivity index (χ4v) is 3.67. The van der Waals surface area contributed by atoms with E-state index >= 15 is 0 Å². The molecule has 0 bridgehead atoms. The molecule has 4 rings (SSSR count). The molecule has 132 valence electrons. The molecule has 0 radical (unpaired) electrons. The van der Waals surface area contributed by atoms with E-state index in [9.17, 15) is 9.59 Å². The number of fused-ring (bicyclic) bond motifs is 2. The third-order valence-electron chi connectivity index (χ3n) is 4.92. The minimum absolute atomic E-state index is 0.133. The van der Waals surface area contributed by atoms with Gasteiger partial charge >= 0.3 is 0 Å².